The number of nitrogens with zero attached hydrogens (tertiary/aromatic N) is 3. The fraction of sp³-hybridized carbons (Fsp3) is 0.200. The van der Waals surface area contributed by atoms with Gasteiger partial charge in [0.05, 0.1) is 17.9 Å². The second-order valence-corrected chi connectivity index (χ2v) is 5.50. The highest BCUT2D eigenvalue weighted by Crippen LogP contribution is 2.26. The van der Waals surface area contributed by atoms with Crippen LogP contribution in [0.3, 0.4) is 0 Å². The molecule has 2 N–H and O–H groups in total. The van der Waals surface area contributed by atoms with Crippen LogP contribution in [-0.2, 0) is 7.05 Å². The second kappa shape index (κ2) is 4.80. The standard InChI is InChI=1S/C10H10BrIN4/c1-16-9(5-14-15-16)10(13)7-4-6(11)2-3-8(7)12/h2-5,10H,13H2,1H3. The molecule has 6 heteroatoms. The van der Waals surface area contributed by atoms with E-state index in [1.807, 2.05) is 25.2 Å². The van der Waals surface area contributed by atoms with Gasteiger partial charge in [0.2, 0.25) is 0 Å². The van der Waals surface area contributed by atoms with Crippen LogP contribution in [0.5, 0.6) is 0 Å². The Morgan fingerprint density at radius 2 is 2.25 bits per heavy atom. The van der Waals surface area contributed by atoms with Crippen molar-refractivity contribution in [2.45, 2.75) is 6.04 Å². The Balaban J connectivity index is 2.45. The zero-order chi connectivity index (χ0) is 11.7. The summed E-state index contributed by atoms with van der Waals surface area (Å²) in [4.78, 5) is 0. The van der Waals surface area contributed by atoms with Crippen molar-refractivity contribution in [3.05, 3.63) is 43.7 Å². The lowest BCUT2D eigenvalue weighted by Crippen LogP contribution is -2.17. The van der Waals surface area contributed by atoms with Gasteiger partial charge in [0.15, 0.2) is 0 Å². The highest BCUT2D eigenvalue weighted by molar-refractivity contribution is 14.1. The van der Waals surface area contributed by atoms with Gasteiger partial charge in [-0.1, -0.05) is 21.1 Å². The number of aryl methyl sites for hydroxylation is 1. The van der Waals surface area contributed by atoms with Crippen LogP contribution < -0.4 is 5.73 Å². The van der Waals surface area contributed by atoms with Crippen LogP contribution in [-0.4, -0.2) is 15.0 Å². The summed E-state index contributed by atoms with van der Waals surface area (Å²) in [5.41, 5.74) is 8.17. The van der Waals surface area contributed by atoms with Crippen LogP contribution in [0.15, 0.2) is 28.9 Å². The SMILES string of the molecule is Cn1nncc1C(N)c1cc(Br)ccc1I. The minimum Gasteiger partial charge on any atom is -0.319 e. The quantitative estimate of drug-likeness (QED) is 0.797. The third-order valence-corrected chi connectivity index (χ3v) is 3.84. The third kappa shape index (κ3) is 2.28. The predicted molar refractivity (Wildman–Crippen MR) is 73.9 cm³/mol. The van der Waals surface area contributed by atoms with Gasteiger partial charge < -0.3 is 5.73 Å². The van der Waals surface area contributed by atoms with E-state index < -0.39 is 0 Å². The van der Waals surface area contributed by atoms with Crippen LogP contribution in [0.1, 0.15) is 17.3 Å². The molecule has 0 saturated heterocycles. The molecular weight excluding hydrogens is 383 g/mol. The number of hydrogen-bond acceptors (Lipinski definition) is 3. The minimum absolute atomic E-state index is 0.204. The molecule has 84 valence electrons. The van der Waals surface area contributed by atoms with Gasteiger partial charge in [0.25, 0.3) is 0 Å². The first-order chi connectivity index (χ1) is 7.59. The van der Waals surface area contributed by atoms with Crippen molar-refractivity contribution < 1.29 is 0 Å². The molecule has 0 bridgehead atoms. The molecule has 1 atom stereocenters. The van der Waals surface area contributed by atoms with E-state index in [1.54, 1.807) is 10.9 Å². The van der Waals surface area contributed by atoms with Crippen molar-refractivity contribution in [1.82, 2.24) is 15.0 Å². The number of halogens is 2. The Morgan fingerprint density at radius 1 is 1.50 bits per heavy atom. The van der Waals surface area contributed by atoms with Gasteiger partial charge in [0.1, 0.15) is 0 Å². The van der Waals surface area contributed by atoms with Crippen LogP contribution in [0.25, 0.3) is 0 Å². The Bertz CT molecular complexity index is 511. The van der Waals surface area contributed by atoms with Crippen molar-refractivity contribution in [2.75, 3.05) is 0 Å². The summed E-state index contributed by atoms with van der Waals surface area (Å²) in [5.74, 6) is 0. The van der Waals surface area contributed by atoms with Gasteiger partial charge in [-0.05, 0) is 46.4 Å². The zero-order valence-electron chi connectivity index (χ0n) is 8.56. The van der Waals surface area contributed by atoms with Gasteiger partial charge in [-0.25, -0.2) is 0 Å². The van der Waals surface area contributed by atoms with Gasteiger partial charge in [-0.2, -0.15) is 0 Å². The van der Waals surface area contributed by atoms with Crippen molar-refractivity contribution in [3.63, 3.8) is 0 Å². The Morgan fingerprint density at radius 3 is 2.88 bits per heavy atom. The molecule has 0 fully saturated rings. The van der Waals surface area contributed by atoms with E-state index in [1.165, 1.54) is 0 Å². The highest BCUT2D eigenvalue weighted by Gasteiger charge is 2.16. The molecule has 1 aromatic carbocycles. The largest absolute Gasteiger partial charge is 0.319 e. The van der Waals surface area contributed by atoms with Crippen LogP contribution >= 0.6 is 38.5 Å². The molecule has 1 aromatic heterocycles. The zero-order valence-corrected chi connectivity index (χ0v) is 12.3. The molecule has 2 aromatic rings. The molecular formula is C10H10BrIN4. The van der Waals surface area contributed by atoms with Gasteiger partial charge in [-0.15, -0.1) is 5.10 Å². The van der Waals surface area contributed by atoms with Crippen molar-refractivity contribution in [3.8, 4) is 0 Å². The first-order valence-electron chi connectivity index (χ1n) is 4.64. The normalized spacial score (nSPS) is 12.8. The van der Waals surface area contributed by atoms with Crippen molar-refractivity contribution in [2.24, 2.45) is 12.8 Å². The molecule has 2 rings (SSSR count). The summed E-state index contributed by atoms with van der Waals surface area (Å²) in [6.07, 6.45) is 1.70. The Hall–Kier alpha value is -0.470. The molecule has 4 nitrogen and oxygen atoms in total. The molecule has 0 aliphatic carbocycles. The molecule has 0 saturated carbocycles. The van der Waals surface area contributed by atoms with E-state index in [9.17, 15) is 0 Å². The molecule has 0 aliphatic heterocycles. The van der Waals surface area contributed by atoms with Gasteiger partial charge >= 0.3 is 0 Å². The van der Waals surface area contributed by atoms with E-state index >= 15 is 0 Å². The van der Waals surface area contributed by atoms with E-state index in [4.69, 9.17) is 5.73 Å². The molecule has 1 unspecified atom stereocenters. The number of benzene rings is 1. The summed E-state index contributed by atoms with van der Waals surface area (Å²) >= 11 is 5.73. The Labute approximate surface area is 115 Å². The van der Waals surface area contributed by atoms with E-state index in [0.717, 1.165) is 19.3 Å². The van der Waals surface area contributed by atoms with E-state index in [2.05, 4.69) is 48.8 Å². The highest BCUT2D eigenvalue weighted by atomic mass is 127. The van der Waals surface area contributed by atoms with E-state index in [0.29, 0.717) is 0 Å². The van der Waals surface area contributed by atoms with Crippen LogP contribution in [0.4, 0.5) is 0 Å². The lowest BCUT2D eigenvalue weighted by atomic mass is 10.1. The summed E-state index contributed by atoms with van der Waals surface area (Å²) in [6, 6.07) is 5.85. The predicted octanol–water partition coefficient (Wildman–Crippen LogP) is 2.23. The molecule has 0 radical (unpaired) electrons. The molecule has 0 spiro atoms. The summed E-state index contributed by atoms with van der Waals surface area (Å²) < 4.78 is 3.85. The summed E-state index contributed by atoms with van der Waals surface area (Å²) in [6.45, 7) is 0. The Kier molecular flexibility index (Phi) is 3.60. The number of aromatic nitrogens is 3. The number of nitrogens with two attached hydrogens (primary N) is 1. The first-order valence-corrected chi connectivity index (χ1v) is 6.52. The smallest absolute Gasteiger partial charge is 0.0796 e. The maximum atomic E-state index is 6.20. The lowest BCUT2D eigenvalue weighted by Gasteiger charge is -2.13. The van der Waals surface area contributed by atoms with Crippen LogP contribution in [0.2, 0.25) is 0 Å². The maximum absolute atomic E-state index is 6.20. The number of hydrogen-bond donors (Lipinski definition) is 1. The summed E-state index contributed by atoms with van der Waals surface area (Å²) in [5, 5.41) is 7.73. The molecule has 0 amide bonds. The van der Waals surface area contributed by atoms with Gasteiger partial charge in [-0.3, -0.25) is 4.68 Å². The fourth-order valence-corrected chi connectivity index (χ4v) is 2.54. The third-order valence-electron chi connectivity index (χ3n) is 2.36. The fourth-order valence-electron chi connectivity index (χ4n) is 1.49. The average Bonchev–Trinajstić information content (AvgIpc) is 2.67. The monoisotopic (exact) mass is 392 g/mol. The van der Waals surface area contributed by atoms with E-state index in [-0.39, 0.29) is 6.04 Å². The summed E-state index contributed by atoms with van der Waals surface area (Å²) in [7, 11) is 1.84. The molecule has 1 heterocycles. The molecule has 16 heavy (non-hydrogen) atoms. The lowest BCUT2D eigenvalue weighted by molar-refractivity contribution is 0.650. The van der Waals surface area contributed by atoms with Gasteiger partial charge in [0, 0.05) is 15.1 Å². The average molecular weight is 393 g/mol. The topological polar surface area (TPSA) is 56.7 Å². The van der Waals surface area contributed by atoms with Crippen LogP contribution in [0, 0.1) is 3.57 Å². The molecule has 0 aliphatic rings. The van der Waals surface area contributed by atoms with Crippen molar-refractivity contribution in [1.29, 1.82) is 0 Å². The van der Waals surface area contributed by atoms with Crippen molar-refractivity contribution >= 4 is 38.5 Å². The maximum Gasteiger partial charge on any atom is 0.0796 e. The minimum atomic E-state index is -0.204. The first kappa shape index (κ1) is 12.0. The number of rotatable bonds is 2. The second-order valence-electron chi connectivity index (χ2n) is 3.43.